The Hall–Kier alpha value is -1.62. The molecule has 28 heavy (non-hydrogen) atoms. The maximum atomic E-state index is 3.56. The highest BCUT2D eigenvalue weighted by atomic mass is 79.9. The van der Waals surface area contributed by atoms with Gasteiger partial charge in [-0.05, 0) is 48.9 Å². The Kier molecular flexibility index (Phi) is 6.19. The fourth-order valence-corrected chi connectivity index (χ4v) is 6.49. The Morgan fingerprint density at radius 3 is 2.29 bits per heavy atom. The van der Waals surface area contributed by atoms with E-state index >= 15 is 0 Å². The summed E-state index contributed by atoms with van der Waals surface area (Å²) in [5.74, 6) is 0.974. The van der Waals surface area contributed by atoms with Gasteiger partial charge in [0.15, 0.2) is 0 Å². The zero-order valence-electron chi connectivity index (χ0n) is 15.7. The van der Waals surface area contributed by atoms with Crippen LogP contribution in [0.5, 0.6) is 0 Å². The van der Waals surface area contributed by atoms with E-state index in [-0.39, 0.29) is 10.1 Å². The van der Waals surface area contributed by atoms with Crippen molar-refractivity contribution in [3.05, 3.63) is 101 Å². The molecule has 1 heterocycles. The van der Waals surface area contributed by atoms with Crippen LogP contribution in [0, 0.1) is 0 Å². The molecule has 0 aromatic heterocycles. The average molecular weight is 468 g/mol. The molecular formula is C24H22BrNS2. The third kappa shape index (κ3) is 4.51. The number of benzene rings is 3. The van der Waals surface area contributed by atoms with Crippen molar-refractivity contribution >= 4 is 51.2 Å². The molecule has 1 saturated heterocycles. The predicted octanol–water partition coefficient (Wildman–Crippen LogP) is 7.55. The second-order valence-corrected chi connectivity index (χ2v) is 11.0. The summed E-state index contributed by atoms with van der Waals surface area (Å²) in [4.78, 5) is 3.82. The van der Waals surface area contributed by atoms with E-state index in [1.165, 1.54) is 16.1 Å². The van der Waals surface area contributed by atoms with E-state index in [4.69, 9.17) is 0 Å². The summed E-state index contributed by atoms with van der Waals surface area (Å²) in [5, 5.41) is 0. The van der Waals surface area contributed by atoms with Crippen LogP contribution < -0.4 is 4.90 Å². The van der Waals surface area contributed by atoms with Crippen LogP contribution in [0.15, 0.2) is 100 Å². The van der Waals surface area contributed by atoms with Gasteiger partial charge in [-0.2, -0.15) is 0 Å². The first-order chi connectivity index (χ1) is 13.6. The molecule has 3 aromatic carbocycles. The minimum atomic E-state index is 0.0275. The molecule has 2 atom stereocenters. The summed E-state index contributed by atoms with van der Waals surface area (Å²) in [6.07, 6.45) is 4.62. The lowest BCUT2D eigenvalue weighted by atomic mass is 10.1. The Morgan fingerprint density at radius 2 is 1.61 bits per heavy atom. The molecule has 142 valence electrons. The molecule has 0 radical (unpaired) electrons. The van der Waals surface area contributed by atoms with Crippen molar-refractivity contribution in [2.75, 3.05) is 10.8 Å². The van der Waals surface area contributed by atoms with Gasteiger partial charge in [0, 0.05) is 15.1 Å². The van der Waals surface area contributed by atoms with Crippen LogP contribution in [0.25, 0.3) is 6.08 Å². The van der Waals surface area contributed by atoms with Crippen molar-refractivity contribution in [1.82, 2.24) is 0 Å². The molecule has 0 aliphatic carbocycles. The van der Waals surface area contributed by atoms with Gasteiger partial charge in [0.1, 0.15) is 0 Å². The summed E-state index contributed by atoms with van der Waals surface area (Å²) in [7, 11) is 0. The second-order valence-electron chi connectivity index (χ2n) is 6.87. The predicted molar refractivity (Wildman–Crippen MR) is 129 cm³/mol. The number of nitrogens with zero attached hydrogens (tertiary/aromatic N) is 1. The Balaban J connectivity index is 1.67. The first-order valence-corrected chi connectivity index (χ1v) is 11.9. The first-order valence-electron chi connectivity index (χ1n) is 9.27. The fraction of sp³-hybridized carbons (Fsp3) is 0.167. The zero-order chi connectivity index (χ0) is 19.4. The smallest absolute Gasteiger partial charge is 0.0886 e. The molecule has 0 amide bonds. The zero-order valence-corrected chi connectivity index (χ0v) is 18.9. The van der Waals surface area contributed by atoms with E-state index < -0.39 is 0 Å². The quantitative estimate of drug-likeness (QED) is 0.381. The van der Waals surface area contributed by atoms with Gasteiger partial charge >= 0.3 is 0 Å². The molecule has 4 rings (SSSR count). The lowest BCUT2D eigenvalue weighted by molar-refractivity contribution is 0.730. The molecule has 4 heteroatoms. The molecule has 0 spiro atoms. The van der Waals surface area contributed by atoms with Crippen molar-refractivity contribution in [2.45, 2.75) is 21.9 Å². The maximum absolute atomic E-state index is 3.56. The van der Waals surface area contributed by atoms with Crippen molar-refractivity contribution in [2.24, 2.45) is 0 Å². The van der Waals surface area contributed by atoms with Crippen LogP contribution >= 0.6 is 39.5 Å². The maximum Gasteiger partial charge on any atom is 0.0886 e. The number of hydrogen-bond donors (Lipinski definition) is 0. The lowest BCUT2D eigenvalue weighted by Gasteiger charge is -2.33. The number of anilines is 1. The van der Waals surface area contributed by atoms with Gasteiger partial charge < -0.3 is 4.90 Å². The molecule has 0 bridgehead atoms. The van der Waals surface area contributed by atoms with Crippen LogP contribution in [0.3, 0.4) is 0 Å². The average Bonchev–Trinajstić information content (AvgIpc) is 3.04. The summed E-state index contributed by atoms with van der Waals surface area (Å²) in [6, 6.07) is 30.2. The van der Waals surface area contributed by atoms with E-state index in [2.05, 4.69) is 125 Å². The normalized spacial score (nSPS) is 22.1. The largest absolute Gasteiger partial charge is 0.353 e. The number of rotatable bonds is 5. The highest BCUT2D eigenvalue weighted by Gasteiger charge is 2.44. The van der Waals surface area contributed by atoms with Gasteiger partial charge in [-0.15, -0.1) is 23.5 Å². The number of halogens is 1. The van der Waals surface area contributed by atoms with Gasteiger partial charge in [0.05, 0.1) is 16.0 Å². The van der Waals surface area contributed by atoms with Gasteiger partial charge in [0.2, 0.25) is 0 Å². The Bertz CT molecular complexity index is 928. The van der Waals surface area contributed by atoms with Gasteiger partial charge in [0.25, 0.3) is 0 Å². The van der Waals surface area contributed by atoms with Gasteiger partial charge in [-0.1, -0.05) is 76.6 Å². The monoisotopic (exact) mass is 467 g/mol. The van der Waals surface area contributed by atoms with E-state index in [0.717, 1.165) is 10.3 Å². The van der Waals surface area contributed by atoms with Crippen LogP contribution in [0.1, 0.15) is 12.5 Å². The second kappa shape index (κ2) is 8.81. The standard InChI is InChI=1S/C24H22BrNS2/c1-24(28-22-10-6-3-7-11-22)23(17-12-19-8-4-2-5-9-19)26(18-27-24)21-15-13-20(25)14-16-21/h2-17,23H,18H2,1H3/b17-12+/t23-,24+/m1/s1. The topological polar surface area (TPSA) is 3.24 Å². The number of hydrogen-bond acceptors (Lipinski definition) is 3. The Labute approximate surface area is 184 Å². The van der Waals surface area contributed by atoms with Crippen molar-refractivity contribution in [3.63, 3.8) is 0 Å². The minimum Gasteiger partial charge on any atom is -0.353 e. The molecule has 1 fully saturated rings. The third-order valence-corrected chi connectivity index (χ3v) is 8.36. The Morgan fingerprint density at radius 1 is 0.964 bits per heavy atom. The molecule has 0 saturated carbocycles. The van der Waals surface area contributed by atoms with E-state index in [1.54, 1.807) is 0 Å². The van der Waals surface area contributed by atoms with Gasteiger partial charge in [-0.25, -0.2) is 0 Å². The molecule has 3 aromatic rings. The summed E-state index contributed by atoms with van der Waals surface area (Å²) < 4.78 is 1.14. The fourth-order valence-electron chi connectivity index (χ4n) is 3.37. The third-order valence-electron chi connectivity index (χ3n) is 4.86. The molecule has 1 aliphatic heterocycles. The van der Waals surface area contributed by atoms with Crippen molar-refractivity contribution < 1.29 is 0 Å². The summed E-state index contributed by atoms with van der Waals surface area (Å²) in [5.41, 5.74) is 2.50. The summed E-state index contributed by atoms with van der Waals surface area (Å²) >= 11 is 7.53. The van der Waals surface area contributed by atoms with Crippen LogP contribution in [-0.4, -0.2) is 16.0 Å². The van der Waals surface area contributed by atoms with E-state index in [9.17, 15) is 0 Å². The SMILES string of the molecule is C[C@@]1(Sc2ccccc2)SCN(c2ccc(Br)cc2)[C@@H]1/C=C/c1ccccc1. The molecule has 0 N–H and O–H groups in total. The number of thioether (sulfide) groups is 2. The van der Waals surface area contributed by atoms with E-state index in [0.29, 0.717) is 0 Å². The molecule has 1 nitrogen and oxygen atoms in total. The molecule has 0 unspecified atom stereocenters. The van der Waals surface area contributed by atoms with Crippen LogP contribution in [0.2, 0.25) is 0 Å². The lowest BCUT2D eigenvalue weighted by Crippen LogP contribution is -2.38. The van der Waals surface area contributed by atoms with Crippen molar-refractivity contribution in [1.29, 1.82) is 0 Å². The van der Waals surface area contributed by atoms with E-state index in [1.807, 2.05) is 23.5 Å². The highest BCUT2D eigenvalue weighted by molar-refractivity contribution is 9.10. The van der Waals surface area contributed by atoms with Crippen molar-refractivity contribution in [3.8, 4) is 0 Å². The highest BCUT2D eigenvalue weighted by Crippen LogP contribution is 2.52. The van der Waals surface area contributed by atoms with Crippen LogP contribution in [0.4, 0.5) is 5.69 Å². The minimum absolute atomic E-state index is 0.0275. The first kappa shape index (κ1) is 19.7. The molecular weight excluding hydrogens is 446 g/mol. The van der Waals surface area contributed by atoms with Crippen LogP contribution in [-0.2, 0) is 0 Å². The molecule has 1 aliphatic rings. The summed E-state index contributed by atoms with van der Waals surface area (Å²) in [6.45, 7) is 2.37. The van der Waals surface area contributed by atoms with Gasteiger partial charge in [-0.3, -0.25) is 0 Å².